The molecule has 0 aliphatic carbocycles. The van der Waals surface area contributed by atoms with Crippen molar-refractivity contribution in [2.24, 2.45) is 0 Å². The Kier molecular flexibility index (Phi) is 3.97. The molecule has 0 aliphatic heterocycles. The molecule has 96 valence electrons. The van der Waals surface area contributed by atoms with Crippen molar-refractivity contribution in [1.82, 2.24) is 4.98 Å². The number of aromatic nitrogens is 1. The number of hydrogen-bond donors (Lipinski definition) is 1. The summed E-state index contributed by atoms with van der Waals surface area (Å²) < 4.78 is 1.13. The number of benzene rings is 1. The number of nitrogens with one attached hydrogen (secondary N) is 1. The Morgan fingerprint density at radius 3 is 2.89 bits per heavy atom. The number of anilines is 1. The Bertz CT molecular complexity index is 574. The summed E-state index contributed by atoms with van der Waals surface area (Å²) in [4.78, 5) is 16.2. The molecule has 0 fully saturated rings. The van der Waals surface area contributed by atoms with Crippen LogP contribution in [0.2, 0.25) is 0 Å². The van der Waals surface area contributed by atoms with Crippen molar-refractivity contribution >= 4 is 32.6 Å². The second-order valence-electron chi connectivity index (χ2n) is 4.52. The fourth-order valence-corrected chi connectivity index (χ4v) is 2.74. The highest BCUT2D eigenvalue weighted by Gasteiger charge is 2.09. The first kappa shape index (κ1) is 13.0. The molecule has 0 unspecified atom stereocenters. The van der Waals surface area contributed by atoms with Gasteiger partial charge in [0.25, 0.3) is 0 Å². The minimum Gasteiger partial charge on any atom is -0.302 e. The summed E-state index contributed by atoms with van der Waals surface area (Å²) in [5.74, 6) is 0.0604. The normalized spacial score (nSPS) is 10.8. The number of nitrogens with zero attached hydrogens (tertiary/aromatic N) is 1. The quantitative estimate of drug-likeness (QED) is 0.903. The molecule has 1 aromatic heterocycles. The van der Waals surface area contributed by atoms with Crippen LogP contribution in [0.25, 0.3) is 10.2 Å². The number of thiazole rings is 1. The predicted molar refractivity (Wildman–Crippen MR) is 77.2 cm³/mol. The number of carbonyl (C=O) groups excluding carboxylic acids is 1. The van der Waals surface area contributed by atoms with Gasteiger partial charge in [-0.3, -0.25) is 4.79 Å². The first-order chi connectivity index (χ1) is 8.61. The second kappa shape index (κ2) is 5.48. The zero-order valence-corrected chi connectivity index (χ0v) is 11.9. The third-order valence-corrected chi connectivity index (χ3v) is 4.02. The van der Waals surface area contributed by atoms with Gasteiger partial charge in [-0.15, -0.1) is 0 Å². The zero-order chi connectivity index (χ0) is 13.1. The van der Waals surface area contributed by atoms with Gasteiger partial charge in [-0.25, -0.2) is 4.98 Å². The molecule has 0 saturated carbocycles. The van der Waals surface area contributed by atoms with Crippen LogP contribution < -0.4 is 5.32 Å². The van der Waals surface area contributed by atoms with Gasteiger partial charge in [0.1, 0.15) is 0 Å². The van der Waals surface area contributed by atoms with E-state index in [2.05, 4.69) is 43.2 Å². The molecule has 4 heteroatoms. The van der Waals surface area contributed by atoms with E-state index in [1.165, 1.54) is 22.5 Å². The average Bonchev–Trinajstić information content (AvgIpc) is 2.75. The number of unbranched alkanes of at least 4 members (excludes halogenated alkanes) is 1. The molecule has 1 amide bonds. The molecular weight excluding hydrogens is 244 g/mol. The number of hydrogen-bond acceptors (Lipinski definition) is 3. The molecule has 0 atom stereocenters. The van der Waals surface area contributed by atoms with Crippen LogP contribution in [0.15, 0.2) is 12.1 Å². The molecule has 2 rings (SSSR count). The van der Waals surface area contributed by atoms with Gasteiger partial charge in [0.2, 0.25) is 5.91 Å². The fraction of sp³-hybridized carbons (Fsp3) is 0.429. The molecule has 0 aliphatic rings. The monoisotopic (exact) mass is 262 g/mol. The van der Waals surface area contributed by atoms with Crippen LogP contribution in [-0.4, -0.2) is 10.9 Å². The molecule has 1 heterocycles. The lowest BCUT2D eigenvalue weighted by Gasteiger charge is -1.99. The van der Waals surface area contributed by atoms with Crippen LogP contribution in [0.1, 0.15) is 37.3 Å². The van der Waals surface area contributed by atoms with Gasteiger partial charge in [-0.05, 0) is 37.5 Å². The molecule has 18 heavy (non-hydrogen) atoms. The molecular formula is C14H18N2OS. The molecule has 0 radical (unpaired) electrons. The van der Waals surface area contributed by atoms with Crippen molar-refractivity contribution in [2.45, 2.75) is 40.0 Å². The highest BCUT2D eigenvalue weighted by atomic mass is 32.1. The van der Waals surface area contributed by atoms with Crippen LogP contribution in [0, 0.1) is 13.8 Å². The zero-order valence-electron chi connectivity index (χ0n) is 11.0. The van der Waals surface area contributed by atoms with Gasteiger partial charge in [0.15, 0.2) is 5.13 Å². The van der Waals surface area contributed by atoms with Crippen molar-refractivity contribution < 1.29 is 4.79 Å². The SMILES string of the molecule is CCCCC(=O)Nc1nc2c(C)c(C)ccc2s1. The van der Waals surface area contributed by atoms with E-state index in [4.69, 9.17) is 0 Å². The van der Waals surface area contributed by atoms with Gasteiger partial charge < -0.3 is 5.32 Å². The molecule has 0 bridgehead atoms. The minimum atomic E-state index is 0.0604. The average molecular weight is 262 g/mol. The first-order valence-electron chi connectivity index (χ1n) is 6.28. The molecule has 2 aromatic rings. The maximum atomic E-state index is 11.7. The standard InChI is InChI=1S/C14H18N2OS/c1-4-5-6-12(17)15-14-16-13-10(3)9(2)7-8-11(13)18-14/h7-8H,4-6H2,1-3H3,(H,15,16,17). The van der Waals surface area contributed by atoms with Gasteiger partial charge in [0.05, 0.1) is 10.2 Å². The first-order valence-corrected chi connectivity index (χ1v) is 7.10. The highest BCUT2D eigenvalue weighted by molar-refractivity contribution is 7.22. The van der Waals surface area contributed by atoms with Gasteiger partial charge in [-0.2, -0.15) is 0 Å². The summed E-state index contributed by atoms with van der Waals surface area (Å²) in [6.07, 6.45) is 2.53. The van der Waals surface area contributed by atoms with E-state index in [0.29, 0.717) is 11.6 Å². The van der Waals surface area contributed by atoms with Gasteiger partial charge >= 0.3 is 0 Å². The van der Waals surface area contributed by atoms with Crippen molar-refractivity contribution in [2.75, 3.05) is 5.32 Å². The maximum Gasteiger partial charge on any atom is 0.226 e. The predicted octanol–water partition coefficient (Wildman–Crippen LogP) is 4.04. The molecule has 3 nitrogen and oxygen atoms in total. The van der Waals surface area contributed by atoms with Crippen molar-refractivity contribution in [3.8, 4) is 0 Å². The lowest BCUT2D eigenvalue weighted by molar-refractivity contribution is -0.116. The fourth-order valence-electron chi connectivity index (χ4n) is 1.80. The van der Waals surface area contributed by atoms with E-state index >= 15 is 0 Å². The van der Waals surface area contributed by atoms with Crippen molar-refractivity contribution in [3.05, 3.63) is 23.3 Å². The summed E-state index contributed by atoms with van der Waals surface area (Å²) in [6, 6.07) is 4.16. The van der Waals surface area contributed by atoms with Crippen molar-refractivity contribution in [1.29, 1.82) is 0 Å². The van der Waals surface area contributed by atoms with E-state index in [1.807, 2.05) is 0 Å². The Hall–Kier alpha value is -1.42. The Morgan fingerprint density at radius 2 is 2.17 bits per heavy atom. The summed E-state index contributed by atoms with van der Waals surface area (Å²) >= 11 is 1.54. The highest BCUT2D eigenvalue weighted by Crippen LogP contribution is 2.29. The molecule has 1 N–H and O–H groups in total. The van der Waals surface area contributed by atoms with Crippen LogP contribution in [-0.2, 0) is 4.79 Å². The lowest BCUT2D eigenvalue weighted by atomic mass is 10.1. The third kappa shape index (κ3) is 2.70. The van der Waals surface area contributed by atoms with Crippen LogP contribution in [0.4, 0.5) is 5.13 Å². The lowest BCUT2D eigenvalue weighted by Crippen LogP contribution is -2.10. The number of carbonyl (C=O) groups is 1. The van der Waals surface area contributed by atoms with E-state index in [0.717, 1.165) is 23.1 Å². The van der Waals surface area contributed by atoms with E-state index in [-0.39, 0.29) is 5.91 Å². The summed E-state index contributed by atoms with van der Waals surface area (Å²) in [6.45, 7) is 6.23. The Morgan fingerprint density at radius 1 is 1.39 bits per heavy atom. The van der Waals surface area contributed by atoms with E-state index in [1.54, 1.807) is 0 Å². The van der Waals surface area contributed by atoms with Gasteiger partial charge in [0, 0.05) is 6.42 Å². The minimum absolute atomic E-state index is 0.0604. The summed E-state index contributed by atoms with van der Waals surface area (Å²) in [7, 11) is 0. The molecule has 0 saturated heterocycles. The molecule has 0 spiro atoms. The van der Waals surface area contributed by atoms with Gasteiger partial charge in [-0.1, -0.05) is 30.7 Å². The number of rotatable bonds is 4. The largest absolute Gasteiger partial charge is 0.302 e. The Balaban J connectivity index is 2.20. The van der Waals surface area contributed by atoms with Crippen molar-refractivity contribution in [3.63, 3.8) is 0 Å². The number of fused-ring (bicyclic) bond motifs is 1. The van der Waals surface area contributed by atoms with E-state index in [9.17, 15) is 4.79 Å². The number of amides is 1. The second-order valence-corrected chi connectivity index (χ2v) is 5.56. The number of aryl methyl sites for hydroxylation is 2. The Labute approximate surface area is 111 Å². The van der Waals surface area contributed by atoms with Crippen LogP contribution in [0.5, 0.6) is 0 Å². The van der Waals surface area contributed by atoms with Crippen LogP contribution in [0.3, 0.4) is 0 Å². The topological polar surface area (TPSA) is 42.0 Å². The third-order valence-electron chi connectivity index (χ3n) is 3.09. The van der Waals surface area contributed by atoms with E-state index < -0.39 is 0 Å². The maximum absolute atomic E-state index is 11.7. The smallest absolute Gasteiger partial charge is 0.226 e. The summed E-state index contributed by atoms with van der Waals surface area (Å²) in [5.41, 5.74) is 3.43. The van der Waals surface area contributed by atoms with Crippen LogP contribution >= 0.6 is 11.3 Å². The molecule has 1 aromatic carbocycles. The summed E-state index contributed by atoms with van der Waals surface area (Å²) in [5, 5.41) is 3.59.